The van der Waals surface area contributed by atoms with Gasteiger partial charge in [-0.15, -0.1) is 16.4 Å². The van der Waals surface area contributed by atoms with Crippen LogP contribution in [0.15, 0.2) is 150 Å². The van der Waals surface area contributed by atoms with Crippen molar-refractivity contribution in [3.8, 4) is 67.5 Å². The van der Waals surface area contributed by atoms with Gasteiger partial charge in [-0.05, 0) is 51.6 Å². The van der Waals surface area contributed by atoms with Gasteiger partial charge in [0.05, 0.1) is 0 Å². The van der Waals surface area contributed by atoms with E-state index in [2.05, 4.69) is 173 Å². The summed E-state index contributed by atoms with van der Waals surface area (Å²) in [6, 6.07) is 50.4. The van der Waals surface area contributed by atoms with Gasteiger partial charge in [0, 0.05) is 27.5 Å². The van der Waals surface area contributed by atoms with Gasteiger partial charge >= 0.3 is 0 Å². The zero-order valence-corrected chi connectivity index (χ0v) is 31.1. The minimum absolute atomic E-state index is 0.591. The number of rotatable bonds is 6. The van der Waals surface area contributed by atoms with Crippen LogP contribution in [-0.4, -0.2) is 54.2 Å². The summed E-state index contributed by atoms with van der Waals surface area (Å²) in [7, 11) is 11.2. The minimum Gasteiger partial charge on any atom is -0.456 e. The van der Waals surface area contributed by atoms with Crippen molar-refractivity contribution in [2.75, 3.05) is 0 Å². The summed E-state index contributed by atoms with van der Waals surface area (Å²) >= 11 is 0. The van der Waals surface area contributed by atoms with Gasteiger partial charge < -0.3 is 4.42 Å². The van der Waals surface area contributed by atoms with E-state index >= 15 is 0 Å². The highest BCUT2D eigenvalue weighted by Crippen LogP contribution is 2.37. The molecular weight excluding hydrogens is 653 g/mol. The molecule has 0 aliphatic heterocycles. The molecule has 0 radical (unpaired) electrons. The van der Waals surface area contributed by atoms with Crippen LogP contribution in [0.3, 0.4) is 0 Å². The molecule has 9 rings (SSSR count). The molecule has 0 N–H and O–H groups in total. The molecule has 250 valence electrons. The fourth-order valence-electron chi connectivity index (χ4n) is 7.73. The van der Waals surface area contributed by atoms with Crippen LogP contribution in [0, 0.1) is 0 Å². The van der Waals surface area contributed by atoms with Crippen LogP contribution in [0.5, 0.6) is 0 Å². The largest absolute Gasteiger partial charge is 0.456 e. The lowest BCUT2D eigenvalue weighted by molar-refractivity contribution is 0.669. The van der Waals surface area contributed by atoms with Gasteiger partial charge in [0.15, 0.2) is 17.5 Å². The van der Waals surface area contributed by atoms with Crippen molar-refractivity contribution >= 4 is 88.5 Å². The predicted molar refractivity (Wildman–Crippen MR) is 241 cm³/mol. The Morgan fingerprint density at radius 3 is 1.30 bits per heavy atom. The number of hydrogen-bond acceptors (Lipinski definition) is 4. The van der Waals surface area contributed by atoms with E-state index in [1.54, 1.807) is 0 Å². The summed E-state index contributed by atoms with van der Waals surface area (Å²) in [4.78, 5) is 15.2. The minimum atomic E-state index is 0.591. The van der Waals surface area contributed by atoms with Gasteiger partial charge in [0.25, 0.3) is 0 Å². The van der Waals surface area contributed by atoms with Crippen LogP contribution in [-0.2, 0) is 0 Å². The van der Waals surface area contributed by atoms with E-state index in [-0.39, 0.29) is 0 Å². The number of fused-ring (bicyclic) bond motifs is 3. The molecule has 0 saturated heterocycles. The summed E-state index contributed by atoms with van der Waals surface area (Å²) in [6.07, 6.45) is 0. The average Bonchev–Trinajstić information content (AvgIpc) is 3.61. The lowest BCUT2D eigenvalue weighted by Gasteiger charge is -2.21. The van der Waals surface area contributed by atoms with Crippen molar-refractivity contribution in [2.24, 2.45) is 0 Å². The zero-order chi connectivity index (χ0) is 36.9. The third kappa shape index (κ3) is 5.86. The molecule has 0 aliphatic carbocycles. The Balaban J connectivity index is 1.18. The van der Waals surface area contributed by atoms with E-state index in [9.17, 15) is 0 Å². The van der Waals surface area contributed by atoms with Gasteiger partial charge in [-0.3, -0.25) is 0 Å². The quantitative estimate of drug-likeness (QED) is 0.253. The van der Waals surface area contributed by atoms with Crippen molar-refractivity contribution in [1.29, 1.82) is 0 Å². The summed E-state index contributed by atoms with van der Waals surface area (Å²) in [5.74, 6) is 1.82. The van der Waals surface area contributed by atoms with E-state index < -0.39 is 0 Å². The van der Waals surface area contributed by atoms with Gasteiger partial charge in [-0.25, -0.2) is 15.0 Å². The summed E-state index contributed by atoms with van der Waals surface area (Å²) in [5.41, 5.74) is 18.1. The number of benzene rings is 7. The molecule has 0 saturated carbocycles. The van der Waals surface area contributed by atoms with Gasteiger partial charge in [-0.2, -0.15) is 0 Å². The Bertz CT molecular complexity index is 2730. The first-order valence-corrected chi connectivity index (χ1v) is 18.4. The van der Waals surface area contributed by atoms with Crippen molar-refractivity contribution in [3.63, 3.8) is 0 Å². The molecule has 0 bridgehead atoms. The first-order chi connectivity index (χ1) is 26.3. The van der Waals surface area contributed by atoms with Crippen LogP contribution >= 0.6 is 0 Å². The second kappa shape index (κ2) is 13.6. The van der Waals surface area contributed by atoms with Crippen LogP contribution in [0.2, 0.25) is 0 Å². The van der Waals surface area contributed by atoms with Gasteiger partial charge in [0.2, 0.25) is 0 Å². The second-order valence-corrected chi connectivity index (χ2v) is 14.2. The fraction of sp³-hybridized carbons (Fsp3) is 0. The molecule has 0 atom stereocenters. The number of aromatic nitrogens is 3. The molecule has 9 heteroatoms. The Labute approximate surface area is 319 Å². The normalized spacial score (nSPS) is 11.3. The highest BCUT2D eigenvalue weighted by Gasteiger charge is 2.20. The van der Waals surface area contributed by atoms with E-state index in [0.29, 0.717) is 17.5 Å². The third-order valence-electron chi connectivity index (χ3n) is 11.2. The standard InChI is InChI=1S/C45H34B5N3O/c46-38-37(39(47)41(49)42(50)40(38)48)33-12-7-13-34-36(33)32-23-22-31(24-35(32)54-34)45-52-43(29-18-14-27(15-19-29)25-8-3-1-4-9-25)51-44(53-45)30-20-16-28(17-21-30)26-10-5-2-6-11-26/h1-24H,46-50H2. The molecule has 2 aromatic heterocycles. The monoisotopic (exact) mass is 687 g/mol. The lowest BCUT2D eigenvalue weighted by atomic mass is 9.59. The van der Waals surface area contributed by atoms with Crippen molar-refractivity contribution in [2.45, 2.75) is 0 Å². The van der Waals surface area contributed by atoms with Crippen LogP contribution in [0.1, 0.15) is 0 Å². The Kier molecular flexibility index (Phi) is 8.43. The Morgan fingerprint density at radius 2 is 0.778 bits per heavy atom. The van der Waals surface area contributed by atoms with Gasteiger partial charge in [-0.1, -0.05) is 138 Å². The molecule has 54 heavy (non-hydrogen) atoms. The molecule has 4 nitrogen and oxygen atoms in total. The molecule has 0 aliphatic rings. The summed E-state index contributed by atoms with van der Waals surface area (Å²) < 4.78 is 6.61. The van der Waals surface area contributed by atoms with Crippen molar-refractivity contribution < 1.29 is 4.42 Å². The number of furan rings is 1. The summed E-state index contributed by atoms with van der Waals surface area (Å²) in [6.45, 7) is 0. The first kappa shape index (κ1) is 33.5. The highest BCUT2D eigenvalue weighted by atomic mass is 16.3. The topological polar surface area (TPSA) is 51.8 Å². The maximum atomic E-state index is 6.61. The zero-order valence-electron chi connectivity index (χ0n) is 31.1. The summed E-state index contributed by atoms with van der Waals surface area (Å²) in [5, 5.41) is 2.20. The molecule has 9 aromatic rings. The van der Waals surface area contributed by atoms with E-state index in [4.69, 9.17) is 19.4 Å². The lowest BCUT2D eigenvalue weighted by Crippen LogP contribution is -2.55. The van der Waals surface area contributed by atoms with E-state index in [0.717, 1.165) is 49.8 Å². The number of nitrogens with zero attached hydrogens (tertiary/aromatic N) is 3. The number of hydrogen-bond donors (Lipinski definition) is 0. The fourth-order valence-corrected chi connectivity index (χ4v) is 7.73. The van der Waals surface area contributed by atoms with E-state index in [1.807, 2.05) is 12.1 Å². The van der Waals surface area contributed by atoms with E-state index in [1.165, 1.54) is 49.6 Å². The van der Waals surface area contributed by atoms with Crippen LogP contribution in [0.4, 0.5) is 0 Å². The van der Waals surface area contributed by atoms with Crippen molar-refractivity contribution in [1.82, 2.24) is 15.0 Å². The van der Waals surface area contributed by atoms with Crippen molar-refractivity contribution in [3.05, 3.63) is 146 Å². The average molecular weight is 687 g/mol. The smallest absolute Gasteiger partial charge is 0.164 e. The van der Waals surface area contributed by atoms with Gasteiger partial charge in [0.1, 0.15) is 50.4 Å². The highest BCUT2D eigenvalue weighted by molar-refractivity contribution is 6.69. The Hall–Kier alpha value is -6.33. The molecule has 0 amide bonds. The third-order valence-corrected chi connectivity index (χ3v) is 11.2. The predicted octanol–water partition coefficient (Wildman–Crippen LogP) is 3.07. The molecule has 0 fully saturated rings. The molecule has 2 heterocycles. The molecule has 7 aromatic carbocycles. The maximum absolute atomic E-state index is 6.61. The second-order valence-electron chi connectivity index (χ2n) is 14.2. The molecule has 0 unspecified atom stereocenters. The van der Waals surface area contributed by atoms with Crippen LogP contribution in [0.25, 0.3) is 89.5 Å². The maximum Gasteiger partial charge on any atom is 0.164 e. The van der Waals surface area contributed by atoms with Crippen LogP contribution < -0.4 is 27.3 Å². The SMILES string of the molecule is Bc1c(B)c(B)c(-c2cccc3oc4cc(-c5nc(-c6ccc(-c7ccccc7)cc6)nc(-c6ccc(-c7ccccc7)cc6)n5)ccc4c23)c(B)c1B. The first-order valence-electron chi connectivity index (χ1n) is 18.4. The Morgan fingerprint density at radius 1 is 0.352 bits per heavy atom. The molecular formula is C45H34B5N3O. The molecule has 0 spiro atoms.